The highest BCUT2D eigenvalue weighted by molar-refractivity contribution is 4.80. The van der Waals surface area contributed by atoms with Crippen LogP contribution in [0.5, 0.6) is 0 Å². The Kier molecular flexibility index (Phi) is 8.67. The van der Waals surface area contributed by atoms with Gasteiger partial charge in [-0.2, -0.15) is 0 Å². The Morgan fingerprint density at radius 1 is 1.32 bits per heavy atom. The van der Waals surface area contributed by atoms with Crippen molar-refractivity contribution in [1.29, 1.82) is 0 Å². The van der Waals surface area contributed by atoms with Crippen molar-refractivity contribution in [2.75, 3.05) is 39.9 Å². The topological polar surface area (TPSA) is 24.5 Å². The van der Waals surface area contributed by atoms with Crippen LogP contribution in [0, 0.1) is 11.8 Å². The predicted molar refractivity (Wildman–Crippen MR) is 82.6 cm³/mol. The fourth-order valence-electron chi connectivity index (χ4n) is 3.09. The van der Waals surface area contributed by atoms with Crippen LogP contribution in [-0.4, -0.2) is 50.8 Å². The highest BCUT2D eigenvalue weighted by Gasteiger charge is 2.25. The van der Waals surface area contributed by atoms with E-state index >= 15 is 0 Å². The number of hydrogen-bond acceptors (Lipinski definition) is 3. The Morgan fingerprint density at radius 2 is 2.11 bits per heavy atom. The first-order chi connectivity index (χ1) is 9.17. The van der Waals surface area contributed by atoms with Crippen molar-refractivity contribution in [3.63, 3.8) is 0 Å². The van der Waals surface area contributed by atoms with E-state index in [0.29, 0.717) is 6.04 Å². The molecule has 0 aromatic carbocycles. The third-order valence-electron chi connectivity index (χ3n) is 4.02. The molecule has 1 heterocycles. The zero-order valence-corrected chi connectivity index (χ0v) is 13.5. The van der Waals surface area contributed by atoms with Gasteiger partial charge in [0.25, 0.3) is 0 Å². The van der Waals surface area contributed by atoms with Crippen LogP contribution in [0.1, 0.15) is 46.5 Å². The van der Waals surface area contributed by atoms with Crippen molar-refractivity contribution in [2.24, 2.45) is 11.8 Å². The predicted octanol–water partition coefficient (Wildman–Crippen LogP) is 2.76. The van der Waals surface area contributed by atoms with Crippen molar-refractivity contribution in [3.05, 3.63) is 0 Å². The molecule has 2 atom stereocenters. The third-order valence-corrected chi connectivity index (χ3v) is 4.02. The highest BCUT2D eigenvalue weighted by atomic mass is 16.5. The minimum absolute atomic E-state index is 0.711. The molecule has 0 saturated carbocycles. The summed E-state index contributed by atoms with van der Waals surface area (Å²) >= 11 is 0. The Hall–Kier alpha value is -0.120. The molecule has 3 heteroatoms. The number of hydrogen-bond donors (Lipinski definition) is 1. The van der Waals surface area contributed by atoms with Crippen LogP contribution in [0.2, 0.25) is 0 Å². The number of rotatable bonds is 9. The van der Waals surface area contributed by atoms with E-state index < -0.39 is 0 Å². The van der Waals surface area contributed by atoms with Gasteiger partial charge in [0.15, 0.2) is 0 Å². The summed E-state index contributed by atoms with van der Waals surface area (Å²) in [6, 6.07) is 0.711. The maximum Gasteiger partial charge on any atom is 0.0502 e. The van der Waals surface area contributed by atoms with Crippen molar-refractivity contribution < 1.29 is 4.74 Å². The van der Waals surface area contributed by atoms with Gasteiger partial charge in [0, 0.05) is 26.2 Å². The van der Waals surface area contributed by atoms with Gasteiger partial charge in [-0.15, -0.1) is 0 Å². The summed E-state index contributed by atoms with van der Waals surface area (Å²) in [6.07, 6.45) is 5.26. The van der Waals surface area contributed by atoms with Crippen molar-refractivity contribution in [3.8, 4) is 0 Å². The molecule has 0 bridgehead atoms. The summed E-state index contributed by atoms with van der Waals surface area (Å²) in [7, 11) is 1.83. The number of methoxy groups -OCH3 is 1. The molecule has 1 saturated heterocycles. The number of piperidine rings is 1. The van der Waals surface area contributed by atoms with Gasteiger partial charge in [-0.25, -0.2) is 0 Å². The molecule has 0 spiro atoms. The molecule has 1 aliphatic heterocycles. The molecule has 0 aliphatic carbocycles. The molecule has 0 radical (unpaired) electrons. The Balaban J connectivity index is 2.40. The lowest BCUT2D eigenvalue weighted by molar-refractivity contribution is 0.0649. The zero-order chi connectivity index (χ0) is 14.1. The molecule has 2 unspecified atom stereocenters. The summed E-state index contributed by atoms with van der Waals surface area (Å²) in [5.74, 6) is 1.48. The van der Waals surface area contributed by atoms with E-state index in [0.717, 1.165) is 31.5 Å². The zero-order valence-electron chi connectivity index (χ0n) is 13.5. The maximum atomic E-state index is 5.34. The number of ether oxygens (including phenoxy) is 1. The van der Waals surface area contributed by atoms with E-state index in [1.807, 2.05) is 7.11 Å². The monoisotopic (exact) mass is 270 g/mol. The van der Waals surface area contributed by atoms with E-state index in [2.05, 4.69) is 31.0 Å². The van der Waals surface area contributed by atoms with Crippen molar-refractivity contribution >= 4 is 0 Å². The van der Waals surface area contributed by atoms with Crippen LogP contribution >= 0.6 is 0 Å². The van der Waals surface area contributed by atoms with Crippen LogP contribution in [0.4, 0.5) is 0 Å². The molecule has 1 N–H and O–H groups in total. The Bertz CT molecular complexity index is 219. The first-order valence-electron chi connectivity index (χ1n) is 8.11. The number of nitrogens with one attached hydrogen (secondary N) is 1. The van der Waals surface area contributed by atoms with E-state index in [9.17, 15) is 0 Å². The van der Waals surface area contributed by atoms with Crippen LogP contribution in [0.15, 0.2) is 0 Å². The van der Waals surface area contributed by atoms with Crippen LogP contribution in [-0.2, 0) is 4.74 Å². The van der Waals surface area contributed by atoms with E-state index in [-0.39, 0.29) is 0 Å². The Labute approximate surface area is 120 Å². The van der Waals surface area contributed by atoms with Gasteiger partial charge in [-0.3, -0.25) is 4.90 Å². The summed E-state index contributed by atoms with van der Waals surface area (Å²) in [6.45, 7) is 12.5. The molecular formula is C16H34N2O. The van der Waals surface area contributed by atoms with Gasteiger partial charge in [0.05, 0.1) is 6.61 Å². The molecule has 114 valence electrons. The fraction of sp³-hybridized carbons (Fsp3) is 1.00. The largest absolute Gasteiger partial charge is 0.384 e. The minimum Gasteiger partial charge on any atom is -0.384 e. The lowest BCUT2D eigenvalue weighted by atomic mass is 9.96. The molecule has 19 heavy (non-hydrogen) atoms. The van der Waals surface area contributed by atoms with Crippen molar-refractivity contribution in [2.45, 2.75) is 52.5 Å². The van der Waals surface area contributed by atoms with Crippen LogP contribution in [0.3, 0.4) is 0 Å². The molecule has 0 amide bonds. The first-order valence-corrected chi connectivity index (χ1v) is 8.11. The van der Waals surface area contributed by atoms with Gasteiger partial charge in [0.2, 0.25) is 0 Å². The third kappa shape index (κ3) is 6.73. The Morgan fingerprint density at radius 3 is 2.74 bits per heavy atom. The van der Waals surface area contributed by atoms with Crippen LogP contribution < -0.4 is 5.32 Å². The van der Waals surface area contributed by atoms with Gasteiger partial charge >= 0.3 is 0 Å². The maximum absolute atomic E-state index is 5.34. The van der Waals surface area contributed by atoms with Gasteiger partial charge in [-0.1, -0.05) is 27.2 Å². The summed E-state index contributed by atoms with van der Waals surface area (Å²) in [5.41, 5.74) is 0. The summed E-state index contributed by atoms with van der Waals surface area (Å²) < 4.78 is 5.34. The second-order valence-corrected chi connectivity index (χ2v) is 6.45. The molecule has 0 aromatic rings. The van der Waals surface area contributed by atoms with Crippen molar-refractivity contribution in [1.82, 2.24) is 10.2 Å². The molecular weight excluding hydrogens is 236 g/mol. The average Bonchev–Trinajstić information content (AvgIpc) is 2.38. The van der Waals surface area contributed by atoms with Gasteiger partial charge in [0.1, 0.15) is 0 Å². The van der Waals surface area contributed by atoms with Gasteiger partial charge < -0.3 is 10.1 Å². The van der Waals surface area contributed by atoms with Gasteiger partial charge in [-0.05, 0) is 44.2 Å². The molecule has 3 nitrogen and oxygen atoms in total. The average molecular weight is 270 g/mol. The lowest BCUT2D eigenvalue weighted by Crippen LogP contribution is -2.48. The fourth-order valence-corrected chi connectivity index (χ4v) is 3.09. The number of nitrogens with zero attached hydrogens (tertiary/aromatic N) is 1. The summed E-state index contributed by atoms with van der Waals surface area (Å²) in [5, 5.41) is 3.64. The quantitative estimate of drug-likeness (QED) is 0.697. The summed E-state index contributed by atoms with van der Waals surface area (Å²) in [4.78, 5) is 2.70. The molecule has 1 fully saturated rings. The molecule has 0 aromatic heterocycles. The van der Waals surface area contributed by atoms with Crippen LogP contribution in [0.25, 0.3) is 0 Å². The highest BCUT2D eigenvalue weighted by Crippen LogP contribution is 2.20. The minimum atomic E-state index is 0.711. The standard InChI is InChI=1S/C16H34N2O/c1-5-7-16(11-17-10-14(2)3)18-9-6-8-15(12-18)13-19-4/h14-17H,5-13H2,1-4H3. The van der Waals surface area contributed by atoms with E-state index in [4.69, 9.17) is 4.74 Å². The lowest BCUT2D eigenvalue weighted by Gasteiger charge is -2.38. The first kappa shape index (κ1) is 16.9. The SMILES string of the molecule is CCCC(CNCC(C)C)N1CCCC(COC)C1. The van der Waals surface area contributed by atoms with E-state index in [1.165, 1.54) is 38.8 Å². The second kappa shape index (κ2) is 9.73. The molecule has 1 rings (SSSR count). The van der Waals surface area contributed by atoms with E-state index in [1.54, 1.807) is 0 Å². The second-order valence-electron chi connectivity index (χ2n) is 6.45. The normalized spacial score (nSPS) is 22.9. The molecule has 1 aliphatic rings. The number of likely N-dealkylation sites (tertiary alicyclic amines) is 1. The smallest absolute Gasteiger partial charge is 0.0502 e.